The molecule has 1 aromatic carbocycles. The number of aryl methyl sites for hydroxylation is 2. The van der Waals surface area contributed by atoms with Gasteiger partial charge in [0.1, 0.15) is 0 Å². The molecule has 0 unspecified atom stereocenters. The molecule has 72 valence electrons. The van der Waals surface area contributed by atoms with Crippen molar-refractivity contribution in [1.29, 1.82) is 0 Å². The maximum atomic E-state index is 2.36. The standard InChI is InChI=1S/C13H20/c1-5-11-7-8-12(6-2)13(9-11)10(3)4/h7-10H,5-6H2,1-4H3. The number of hydrogen-bond acceptors (Lipinski definition) is 0. The van der Waals surface area contributed by atoms with Crippen LogP contribution >= 0.6 is 0 Å². The van der Waals surface area contributed by atoms with E-state index >= 15 is 0 Å². The minimum absolute atomic E-state index is 0.654. The van der Waals surface area contributed by atoms with E-state index in [1.54, 1.807) is 0 Å². The van der Waals surface area contributed by atoms with Crippen molar-refractivity contribution in [2.45, 2.75) is 46.5 Å². The highest BCUT2D eigenvalue weighted by molar-refractivity contribution is 5.34. The molecule has 0 N–H and O–H groups in total. The summed E-state index contributed by atoms with van der Waals surface area (Å²) in [5, 5.41) is 0. The number of rotatable bonds is 3. The lowest BCUT2D eigenvalue weighted by molar-refractivity contribution is 0.840. The Kier molecular flexibility index (Phi) is 3.53. The first-order valence-corrected chi connectivity index (χ1v) is 5.30. The van der Waals surface area contributed by atoms with Crippen molar-refractivity contribution in [1.82, 2.24) is 0 Å². The van der Waals surface area contributed by atoms with Gasteiger partial charge in [-0.1, -0.05) is 45.9 Å². The van der Waals surface area contributed by atoms with E-state index in [0.29, 0.717) is 5.92 Å². The average molecular weight is 176 g/mol. The van der Waals surface area contributed by atoms with E-state index in [0.717, 1.165) is 12.8 Å². The largest absolute Gasteiger partial charge is 0.0613 e. The van der Waals surface area contributed by atoms with Crippen molar-refractivity contribution >= 4 is 0 Å². The first-order chi connectivity index (χ1) is 6.19. The monoisotopic (exact) mass is 176 g/mol. The van der Waals surface area contributed by atoms with Crippen LogP contribution in [-0.4, -0.2) is 0 Å². The van der Waals surface area contributed by atoms with Crippen LogP contribution in [-0.2, 0) is 12.8 Å². The van der Waals surface area contributed by atoms with Crippen molar-refractivity contribution < 1.29 is 0 Å². The third kappa shape index (κ3) is 2.33. The van der Waals surface area contributed by atoms with Crippen LogP contribution in [0.5, 0.6) is 0 Å². The Labute approximate surface area is 82.0 Å². The molecule has 0 bridgehead atoms. The van der Waals surface area contributed by atoms with Crippen LogP contribution in [0, 0.1) is 0 Å². The van der Waals surface area contributed by atoms with Gasteiger partial charge in [0.2, 0.25) is 0 Å². The third-order valence-corrected chi connectivity index (χ3v) is 2.62. The predicted molar refractivity (Wildman–Crippen MR) is 59.3 cm³/mol. The van der Waals surface area contributed by atoms with Crippen molar-refractivity contribution in [3.8, 4) is 0 Å². The van der Waals surface area contributed by atoms with Crippen LogP contribution in [0.2, 0.25) is 0 Å². The van der Waals surface area contributed by atoms with E-state index in [2.05, 4.69) is 45.9 Å². The highest BCUT2D eigenvalue weighted by atomic mass is 14.1. The highest BCUT2D eigenvalue weighted by Gasteiger charge is 2.05. The quantitative estimate of drug-likeness (QED) is 0.654. The molecule has 0 saturated heterocycles. The molecule has 0 spiro atoms. The molecule has 0 heterocycles. The lowest BCUT2D eigenvalue weighted by Gasteiger charge is -2.12. The molecular weight excluding hydrogens is 156 g/mol. The Morgan fingerprint density at radius 3 is 2.23 bits per heavy atom. The molecule has 13 heavy (non-hydrogen) atoms. The Hall–Kier alpha value is -0.780. The first-order valence-electron chi connectivity index (χ1n) is 5.30. The summed E-state index contributed by atoms with van der Waals surface area (Å²) < 4.78 is 0. The van der Waals surface area contributed by atoms with E-state index in [1.807, 2.05) is 0 Å². The topological polar surface area (TPSA) is 0 Å². The zero-order valence-electron chi connectivity index (χ0n) is 9.22. The summed E-state index contributed by atoms with van der Waals surface area (Å²) in [4.78, 5) is 0. The predicted octanol–water partition coefficient (Wildman–Crippen LogP) is 3.93. The average Bonchev–Trinajstić information content (AvgIpc) is 2.16. The molecule has 0 aliphatic rings. The molecule has 0 aliphatic carbocycles. The molecule has 0 radical (unpaired) electrons. The van der Waals surface area contributed by atoms with Crippen LogP contribution in [0.3, 0.4) is 0 Å². The maximum Gasteiger partial charge on any atom is -0.0216 e. The number of hydrogen-bond donors (Lipinski definition) is 0. The molecule has 0 heteroatoms. The lowest BCUT2D eigenvalue weighted by atomic mass is 9.93. The molecule has 0 amide bonds. The molecule has 0 nitrogen and oxygen atoms in total. The highest BCUT2D eigenvalue weighted by Crippen LogP contribution is 2.21. The molecule has 0 aromatic heterocycles. The van der Waals surface area contributed by atoms with Gasteiger partial charge >= 0.3 is 0 Å². The van der Waals surface area contributed by atoms with Gasteiger partial charge in [0.15, 0.2) is 0 Å². The second kappa shape index (κ2) is 4.45. The maximum absolute atomic E-state index is 2.36. The van der Waals surface area contributed by atoms with Gasteiger partial charge in [-0.15, -0.1) is 0 Å². The normalized spacial score (nSPS) is 10.8. The van der Waals surface area contributed by atoms with Crippen molar-refractivity contribution in [3.05, 3.63) is 34.9 Å². The van der Waals surface area contributed by atoms with Gasteiger partial charge in [-0.25, -0.2) is 0 Å². The summed E-state index contributed by atoms with van der Waals surface area (Å²) in [5.74, 6) is 0.654. The van der Waals surface area contributed by atoms with Gasteiger partial charge < -0.3 is 0 Å². The fourth-order valence-electron chi connectivity index (χ4n) is 1.72. The zero-order chi connectivity index (χ0) is 9.84. The van der Waals surface area contributed by atoms with E-state index < -0.39 is 0 Å². The smallest absolute Gasteiger partial charge is 0.0216 e. The summed E-state index contributed by atoms with van der Waals surface area (Å²) in [6.45, 7) is 8.99. The molecule has 0 saturated carbocycles. The summed E-state index contributed by atoms with van der Waals surface area (Å²) in [6, 6.07) is 6.91. The SMILES string of the molecule is CCc1ccc(CC)c(C(C)C)c1. The van der Waals surface area contributed by atoms with E-state index in [4.69, 9.17) is 0 Å². The van der Waals surface area contributed by atoms with Gasteiger partial charge in [-0.05, 0) is 35.4 Å². The van der Waals surface area contributed by atoms with Gasteiger partial charge in [-0.2, -0.15) is 0 Å². The van der Waals surface area contributed by atoms with Gasteiger partial charge in [0.05, 0.1) is 0 Å². The summed E-state index contributed by atoms with van der Waals surface area (Å²) in [7, 11) is 0. The summed E-state index contributed by atoms with van der Waals surface area (Å²) in [5.41, 5.74) is 4.50. The van der Waals surface area contributed by atoms with Crippen molar-refractivity contribution in [2.75, 3.05) is 0 Å². The molecule has 1 aromatic rings. The van der Waals surface area contributed by atoms with E-state index in [1.165, 1.54) is 16.7 Å². The van der Waals surface area contributed by atoms with Crippen LogP contribution in [0.1, 0.15) is 50.3 Å². The van der Waals surface area contributed by atoms with Crippen LogP contribution in [0.25, 0.3) is 0 Å². The van der Waals surface area contributed by atoms with E-state index in [9.17, 15) is 0 Å². The fraction of sp³-hybridized carbons (Fsp3) is 0.538. The van der Waals surface area contributed by atoms with Gasteiger partial charge in [-0.3, -0.25) is 0 Å². The molecule has 1 rings (SSSR count). The zero-order valence-corrected chi connectivity index (χ0v) is 9.22. The summed E-state index contributed by atoms with van der Waals surface area (Å²) >= 11 is 0. The Bertz CT molecular complexity index is 271. The molecule has 0 atom stereocenters. The minimum atomic E-state index is 0.654. The third-order valence-electron chi connectivity index (χ3n) is 2.62. The van der Waals surface area contributed by atoms with Crippen molar-refractivity contribution in [3.63, 3.8) is 0 Å². The fourth-order valence-corrected chi connectivity index (χ4v) is 1.72. The van der Waals surface area contributed by atoms with Gasteiger partial charge in [0, 0.05) is 0 Å². The van der Waals surface area contributed by atoms with E-state index in [-0.39, 0.29) is 0 Å². The second-order valence-corrected chi connectivity index (χ2v) is 3.89. The summed E-state index contributed by atoms with van der Waals surface area (Å²) in [6.07, 6.45) is 2.29. The van der Waals surface area contributed by atoms with Crippen LogP contribution in [0.15, 0.2) is 18.2 Å². The second-order valence-electron chi connectivity index (χ2n) is 3.89. The Morgan fingerprint density at radius 1 is 1.08 bits per heavy atom. The first kappa shape index (κ1) is 10.3. The molecule has 0 aliphatic heterocycles. The van der Waals surface area contributed by atoms with Crippen LogP contribution in [0.4, 0.5) is 0 Å². The van der Waals surface area contributed by atoms with Gasteiger partial charge in [0.25, 0.3) is 0 Å². The number of benzene rings is 1. The molecular formula is C13H20. The minimum Gasteiger partial charge on any atom is -0.0613 e. The Balaban J connectivity index is 3.10. The van der Waals surface area contributed by atoms with Crippen molar-refractivity contribution in [2.24, 2.45) is 0 Å². The lowest BCUT2D eigenvalue weighted by Crippen LogP contribution is -1.96. The Morgan fingerprint density at radius 2 is 1.77 bits per heavy atom. The molecule has 0 fully saturated rings. The van der Waals surface area contributed by atoms with Crippen LogP contribution < -0.4 is 0 Å².